The molecule has 0 saturated heterocycles. The van der Waals surface area contributed by atoms with Crippen molar-refractivity contribution in [3.63, 3.8) is 0 Å². The molecule has 0 radical (unpaired) electrons. The summed E-state index contributed by atoms with van der Waals surface area (Å²) in [4.78, 5) is 10.7. The maximum atomic E-state index is 10.2. The summed E-state index contributed by atoms with van der Waals surface area (Å²) < 4.78 is 0. The van der Waals surface area contributed by atoms with E-state index in [1.807, 2.05) is 0 Å². The van der Waals surface area contributed by atoms with Gasteiger partial charge in [0.15, 0.2) is 0 Å². The molecule has 0 aliphatic heterocycles. The summed E-state index contributed by atoms with van der Waals surface area (Å²) in [5, 5.41) is 15.4. The van der Waals surface area contributed by atoms with Gasteiger partial charge in [0.05, 0.1) is 4.92 Å². The average Bonchev–Trinajstić information content (AvgIpc) is 2.06. The Morgan fingerprint density at radius 2 is 1.92 bits per heavy atom. The summed E-state index contributed by atoms with van der Waals surface area (Å²) in [5.74, 6) is 0. The van der Waals surface area contributed by atoms with E-state index in [2.05, 4.69) is 0 Å². The van der Waals surface area contributed by atoms with E-state index in [4.69, 9.17) is 5.14 Å². The van der Waals surface area contributed by atoms with Crippen LogP contribution < -0.4 is 5.14 Å². The van der Waals surface area contributed by atoms with Crippen LogP contribution in [0, 0.1) is 10.1 Å². The second-order valence-corrected chi connectivity index (χ2v) is 3.84. The third kappa shape index (κ3) is 2.40. The van der Waals surface area contributed by atoms with Crippen LogP contribution in [0.2, 0.25) is 0 Å². The van der Waals surface area contributed by atoms with E-state index in [1.165, 1.54) is 22.9 Å². The van der Waals surface area contributed by atoms with E-state index in [9.17, 15) is 10.1 Å². The monoisotopic (exact) mass is 202 g/mol. The summed E-state index contributed by atoms with van der Waals surface area (Å²) in [6, 6.07) is 6.25. The average molecular weight is 202 g/mol. The lowest BCUT2D eigenvalue weighted by Crippen LogP contribution is -1.86. The number of nitrogens with zero attached hydrogens (tertiary/aromatic N) is 1. The predicted octanol–water partition coefficient (Wildman–Crippen LogP) is 2.21. The number of hydrogen-bond donors (Lipinski definition) is 1. The molecule has 0 spiro atoms. The first kappa shape index (κ1) is 9.37. The molecule has 0 bridgehead atoms. The molecule has 0 fully saturated rings. The highest BCUT2D eigenvalue weighted by molar-refractivity contribution is 8.75. The molecule has 1 rings (SSSR count). The van der Waals surface area contributed by atoms with E-state index in [0.29, 0.717) is 0 Å². The minimum absolute atomic E-state index is 0.0985. The highest BCUT2D eigenvalue weighted by atomic mass is 33.1. The molecule has 1 aromatic rings. The molecule has 6 heteroatoms. The van der Waals surface area contributed by atoms with Crippen molar-refractivity contribution in [2.45, 2.75) is 4.90 Å². The number of non-ortho nitro benzene ring substituents is 1. The lowest BCUT2D eigenvalue weighted by Gasteiger charge is -1.95. The molecule has 2 N–H and O–H groups in total. The van der Waals surface area contributed by atoms with Gasteiger partial charge in [-0.05, 0) is 33.9 Å². The van der Waals surface area contributed by atoms with Crippen molar-refractivity contribution in [2.24, 2.45) is 5.14 Å². The molecule has 0 aromatic heterocycles. The smallest absolute Gasteiger partial charge is 0.268 e. The third-order valence-corrected chi connectivity index (χ3v) is 2.62. The van der Waals surface area contributed by atoms with Gasteiger partial charge in [-0.25, -0.2) is 0 Å². The molecular weight excluding hydrogens is 196 g/mol. The van der Waals surface area contributed by atoms with Crippen LogP contribution in [0.3, 0.4) is 0 Å². The fraction of sp³-hybridized carbons (Fsp3) is 0. The first-order chi connectivity index (χ1) is 5.74. The number of hydrogen-bond acceptors (Lipinski definition) is 5. The normalized spacial score (nSPS) is 9.75. The van der Waals surface area contributed by atoms with Gasteiger partial charge in [-0.2, -0.15) is 0 Å². The van der Waals surface area contributed by atoms with Gasteiger partial charge in [-0.1, -0.05) is 0 Å². The fourth-order valence-electron chi connectivity index (χ4n) is 0.679. The van der Waals surface area contributed by atoms with Gasteiger partial charge >= 0.3 is 0 Å². The van der Waals surface area contributed by atoms with Crippen LogP contribution in [-0.4, -0.2) is 4.92 Å². The summed E-state index contributed by atoms with van der Waals surface area (Å²) in [6.07, 6.45) is 0. The van der Waals surface area contributed by atoms with Crippen molar-refractivity contribution in [3.05, 3.63) is 34.4 Å². The molecule has 0 heterocycles. The Morgan fingerprint density at radius 1 is 1.33 bits per heavy atom. The summed E-state index contributed by atoms with van der Waals surface area (Å²) in [7, 11) is 2.48. The maximum absolute atomic E-state index is 10.2. The molecular formula is C6H6N2O2S2. The highest BCUT2D eigenvalue weighted by Gasteiger charge is 2.03. The van der Waals surface area contributed by atoms with Gasteiger partial charge in [0.1, 0.15) is 0 Å². The maximum Gasteiger partial charge on any atom is 0.269 e. The second-order valence-electron chi connectivity index (χ2n) is 1.93. The van der Waals surface area contributed by atoms with Crippen LogP contribution in [0.25, 0.3) is 0 Å². The van der Waals surface area contributed by atoms with Gasteiger partial charge in [-0.15, -0.1) is 0 Å². The van der Waals surface area contributed by atoms with E-state index < -0.39 is 4.92 Å². The Hall–Kier alpha value is -0.720. The van der Waals surface area contributed by atoms with Crippen molar-refractivity contribution < 1.29 is 4.92 Å². The van der Waals surface area contributed by atoms with Crippen LogP contribution in [0.15, 0.2) is 29.2 Å². The molecule has 4 nitrogen and oxygen atoms in total. The summed E-state index contributed by atoms with van der Waals surface area (Å²) in [6.45, 7) is 0. The van der Waals surface area contributed by atoms with Gasteiger partial charge in [-0.3, -0.25) is 15.3 Å². The quantitative estimate of drug-likeness (QED) is 0.352. The number of rotatable bonds is 3. The van der Waals surface area contributed by atoms with Crippen molar-refractivity contribution >= 4 is 27.5 Å². The number of nitro benzene ring substituents is 1. The molecule has 0 aliphatic rings. The summed E-state index contributed by atoms with van der Waals surface area (Å²) >= 11 is 0. The third-order valence-electron chi connectivity index (χ3n) is 1.19. The van der Waals surface area contributed by atoms with Crippen molar-refractivity contribution in [1.29, 1.82) is 0 Å². The highest BCUT2D eigenvalue weighted by Crippen LogP contribution is 2.27. The minimum Gasteiger partial charge on any atom is -0.268 e. The molecule has 1 aromatic carbocycles. The van der Waals surface area contributed by atoms with Crippen molar-refractivity contribution in [1.82, 2.24) is 0 Å². The minimum atomic E-state index is -0.427. The standard InChI is InChI=1S/C6H6N2O2S2/c7-12-11-6-3-1-5(2-4-6)8(9)10/h1-4H,7H2. The van der Waals surface area contributed by atoms with Crippen LogP contribution >= 0.6 is 21.8 Å². The van der Waals surface area contributed by atoms with Gasteiger partial charge in [0.25, 0.3) is 5.69 Å². The fourth-order valence-corrected chi connectivity index (χ4v) is 1.70. The topological polar surface area (TPSA) is 69.2 Å². The Bertz CT molecular complexity index is 275. The zero-order valence-electron chi connectivity index (χ0n) is 5.97. The number of benzene rings is 1. The second kappa shape index (κ2) is 4.34. The molecule has 0 atom stereocenters. The van der Waals surface area contributed by atoms with Crippen LogP contribution in [0.4, 0.5) is 5.69 Å². The van der Waals surface area contributed by atoms with E-state index in [1.54, 1.807) is 12.1 Å². The Labute approximate surface area is 77.2 Å². The summed E-state index contributed by atoms with van der Waals surface area (Å²) in [5.41, 5.74) is 0.0985. The van der Waals surface area contributed by atoms with Crippen molar-refractivity contribution in [3.8, 4) is 0 Å². The number of nitro groups is 1. The Morgan fingerprint density at radius 3 is 2.33 bits per heavy atom. The van der Waals surface area contributed by atoms with Crippen LogP contribution in [0.1, 0.15) is 0 Å². The van der Waals surface area contributed by atoms with Gasteiger partial charge in [0, 0.05) is 17.0 Å². The molecule has 0 saturated carbocycles. The lowest BCUT2D eigenvalue weighted by atomic mass is 10.3. The van der Waals surface area contributed by atoms with Crippen LogP contribution in [0.5, 0.6) is 0 Å². The van der Waals surface area contributed by atoms with E-state index in [0.717, 1.165) is 15.9 Å². The van der Waals surface area contributed by atoms with Gasteiger partial charge < -0.3 is 0 Å². The van der Waals surface area contributed by atoms with Crippen molar-refractivity contribution in [2.75, 3.05) is 0 Å². The van der Waals surface area contributed by atoms with Crippen LogP contribution in [-0.2, 0) is 0 Å². The molecule has 0 unspecified atom stereocenters. The molecule has 0 aliphatic carbocycles. The predicted molar refractivity (Wildman–Crippen MR) is 50.7 cm³/mol. The van der Waals surface area contributed by atoms with E-state index in [-0.39, 0.29) is 5.69 Å². The molecule has 0 amide bonds. The Kier molecular flexibility index (Phi) is 3.39. The molecule has 64 valence electrons. The van der Waals surface area contributed by atoms with Gasteiger partial charge in [0.2, 0.25) is 0 Å². The van der Waals surface area contributed by atoms with E-state index >= 15 is 0 Å². The zero-order valence-corrected chi connectivity index (χ0v) is 7.60. The lowest BCUT2D eigenvalue weighted by molar-refractivity contribution is -0.384. The SMILES string of the molecule is NSSc1ccc([N+](=O)[O-])cc1. The Balaban J connectivity index is 2.78. The first-order valence-electron chi connectivity index (χ1n) is 3.02. The largest absolute Gasteiger partial charge is 0.269 e. The number of nitrogens with two attached hydrogens (primary N) is 1. The molecule has 12 heavy (non-hydrogen) atoms. The first-order valence-corrected chi connectivity index (χ1v) is 5.23. The zero-order chi connectivity index (χ0) is 8.97.